The Bertz CT molecular complexity index is 328. The van der Waals surface area contributed by atoms with Crippen LogP contribution in [0.1, 0.15) is 86.1 Å². The third-order valence-corrected chi connectivity index (χ3v) is 3.78. The molecule has 0 spiro atoms. The minimum atomic E-state index is 0.208. The molecule has 122 valence electrons. The van der Waals surface area contributed by atoms with Gasteiger partial charge in [-0.3, -0.25) is 0 Å². The second-order valence-corrected chi connectivity index (χ2v) is 4.91. The van der Waals surface area contributed by atoms with Gasteiger partial charge in [0.2, 0.25) is 0 Å². The standard InChI is InChI=1S/C17H26.2C2H6/c1-5-13-17(14-6-2,15(4)7-3)16-11-9-8-10-12-16;2*1-2/h8-12H,4-7,13-14H2,1-3H3;2*1-2H3. The summed E-state index contributed by atoms with van der Waals surface area (Å²) >= 11 is 0. The van der Waals surface area contributed by atoms with Crippen LogP contribution in [0.2, 0.25) is 0 Å². The van der Waals surface area contributed by atoms with Crippen molar-refractivity contribution in [1.29, 1.82) is 0 Å². The van der Waals surface area contributed by atoms with Gasteiger partial charge in [-0.05, 0) is 24.8 Å². The lowest BCUT2D eigenvalue weighted by Gasteiger charge is -2.36. The maximum absolute atomic E-state index is 4.36. The Morgan fingerprint density at radius 3 is 1.62 bits per heavy atom. The molecular formula is C21H38. The van der Waals surface area contributed by atoms with Crippen molar-refractivity contribution in [3.63, 3.8) is 0 Å². The highest BCUT2D eigenvalue weighted by molar-refractivity contribution is 5.35. The van der Waals surface area contributed by atoms with Crippen molar-refractivity contribution in [2.24, 2.45) is 0 Å². The van der Waals surface area contributed by atoms with E-state index in [4.69, 9.17) is 0 Å². The number of benzene rings is 1. The third-order valence-electron chi connectivity index (χ3n) is 3.78. The molecule has 0 heteroatoms. The van der Waals surface area contributed by atoms with E-state index < -0.39 is 0 Å². The molecule has 0 unspecified atom stereocenters. The predicted molar refractivity (Wildman–Crippen MR) is 100 cm³/mol. The first-order valence-electron chi connectivity index (χ1n) is 8.95. The summed E-state index contributed by atoms with van der Waals surface area (Å²) < 4.78 is 0. The molecule has 0 radical (unpaired) electrons. The first-order chi connectivity index (χ1) is 10.2. The van der Waals surface area contributed by atoms with Gasteiger partial charge in [0.1, 0.15) is 0 Å². The van der Waals surface area contributed by atoms with Crippen molar-refractivity contribution in [3.05, 3.63) is 48.0 Å². The van der Waals surface area contributed by atoms with Crippen molar-refractivity contribution < 1.29 is 0 Å². The molecule has 0 aliphatic heterocycles. The summed E-state index contributed by atoms with van der Waals surface area (Å²) in [5.41, 5.74) is 3.06. The maximum atomic E-state index is 4.36. The minimum absolute atomic E-state index is 0.208. The number of hydrogen-bond acceptors (Lipinski definition) is 0. The minimum Gasteiger partial charge on any atom is -0.0990 e. The molecule has 0 nitrogen and oxygen atoms in total. The van der Waals surface area contributed by atoms with Gasteiger partial charge in [0.25, 0.3) is 0 Å². The summed E-state index contributed by atoms with van der Waals surface area (Å²) in [4.78, 5) is 0. The maximum Gasteiger partial charge on any atom is 0.0158 e. The van der Waals surface area contributed by atoms with E-state index >= 15 is 0 Å². The first kappa shape index (κ1) is 22.2. The molecule has 0 aliphatic carbocycles. The monoisotopic (exact) mass is 290 g/mol. The Morgan fingerprint density at radius 1 is 0.857 bits per heavy atom. The molecule has 0 aliphatic rings. The van der Waals surface area contributed by atoms with Crippen LogP contribution in [0.4, 0.5) is 0 Å². The van der Waals surface area contributed by atoms with Crippen molar-refractivity contribution >= 4 is 0 Å². The molecule has 0 heterocycles. The quantitative estimate of drug-likeness (QED) is 0.455. The molecule has 0 bridgehead atoms. The number of allylic oxidation sites excluding steroid dienone is 1. The molecule has 21 heavy (non-hydrogen) atoms. The van der Waals surface area contributed by atoms with Gasteiger partial charge < -0.3 is 0 Å². The highest BCUT2D eigenvalue weighted by Gasteiger charge is 2.32. The molecular weight excluding hydrogens is 252 g/mol. The SMILES string of the molecule is C=C(CC)C(CCC)(CCC)c1ccccc1.CC.CC. The molecule has 0 N–H and O–H groups in total. The van der Waals surface area contributed by atoms with Gasteiger partial charge in [-0.2, -0.15) is 0 Å². The Hall–Kier alpha value is -1.04. The van der Waals surface area contributed by atoms with Gasteiger partial charge in [-0.1, -0.05) is 104 Å². The second-order valence-electron chi connectivity index (χ2n) is 4.91. The van der Waals surface area contributed by atoms with E-state index in [9.17, 15) is 0 Å². The highest BCUT2D eigenvalue weighted by atomic mass is 14.4. The molecule has 0 saturated carbocycles. The summed E-state index contributed by atoms with van der Waals surface area (Å²) in [7, 11) is 0. The Balaban J connectivity index is 0. The van der Waals surface area contributed by atoms with E-state index in [1.807, 2.05) is 27.7 Å². The molecule has 0 fully saturated rings. The second kappa shape index (κ2) is 13.9. The van der Waals surface area contributed by atoms with Crippen molar-refractivity contribution in [2.45, 2.75) is 86.0 Å². The lowest BCUT2D eigenvalue weighted by Crippen LogP contribution is -2.28. The van der Waals surface area contributed by atoms with E-state index in [0.717, 1.165) is 6.42 Å². The van der Waals surface area contributed by atoms with Crippen LogP contribution >= 0.6 is 0 Å². The van der Waals surface area contributed by atoms with Crippen LogP contribution in [0.25, 0.3) is 0 Å². The number of rotatable bonds is 7. The molecule has 1 aromatic rings. The van der Waals surface area contributed by atoms with Gasteiger partial charge in [0.15, 0.2) is 0 Å². The zero-order chi connectivity index (χ0) is 16.7. The fraction of sp³-hybridized carbons (Fsp3) is 0.619. The van der Waals surface area contributed by atoms with Crippen LogP contribution in [0.5, 0.6) is 0 Å². The largest absolute Gasteiger partial charge is 0.0990 e. The average Bonchev–Trinajstić information content (AvgIpc) is 2.58. The van der Waals surface area contributed by atoms with Crippen LogP contribution in [0.15, 0.2) is 42.5 Å². The summed E-state index contributed by atoms with van der Waals surface area (Å²) in [6, 6.07) is 10.9. The number of hydrogen-bond donors (Lipinski definition) is 0. The van der Waals surface area contributed by atoms with E-state index in [-0.39, 0.29) is 5.41 Å². The Kier molecular flexibility index (Phi) is 14.7. The summed E-state index contributed by atoms with van der Waals surface area (Å²) in [5, 5.41) is 0. The van der Waals surface area contributed by atoms with Gasteiger partial charge in [-0.15, -0.1) is 0 Å². The van der Waals surface area contributed by atoms with Crippen LogP contribution in [0, 0.1) is 0 Å². The van der Waals surface area contributed by atoms with Crippen LogP contribution in [-0.4, -0.2) is 0 Å². The van der Waals surface area contributed by atoms with E-state index in [2.05, 4.69) is 57.7 Å². The van der Waals surface area contributed by atoms with E-state index in [1.165, 1.54) is 36.8 Å². The molecule has 0 atom stereocenters. The van der Waals surface area contributed by atoms with Crippen LogP contribution in [0.3, 0.4) is 0 Å². The van der Waals surface area contributed by atoms with Crippen LogP contribution < -0.4 is 0 Å². The molecule has 1 aromatic carbocycles. The van der Waals surface area contributed by atoms with Crippen molar-refractivity contribution in [2.75, 3.05) is 0 Å². The molecule has 0 aromatic heterocycles. The summed E-state index contributed by atoms with van der Waals surface area (Å²) in [6.07, 6.45) is 5.95. The fourth-order valence-corrected chi connectivity index (χ4v) is 2.92. The normalized spacial score (nSPS) is 9.86. The van der Waals surface area contributed by atoms with Gasteiger partial charge in [0, 0.05) is 5.41 Å². The van der Waals surface area contributed by atoms with Gasteiger partial charge in [-0.25, -0.2) is 0 Å². The Labute approximate surface area is 134 Å². The topological polar surface area (TPSA) is 0 Å². The van der Waals surface area contributed by atoms with E-state index in [1.54, 1.807) is 0 Å². The first-order valence-corrected chi connectivity index (χ1v) is 8.95. The fourth-order valence-electron chi connectivity index (χ4n) is 2.92. The lowest BCUT2D eigenvalue weighted by molar-refractivity contribution is 0.409. The lowest BCUT2D eigenvalue weighted by atomic mass is 9.68. The predicted octanol–water partition coefficient (Wildman–Crippen LogP) is 7.54. The molecule has 0 amide bonds. The summed E-state index contributed by atoms with van der Waals surface area (Å²) in [5.74, 6) is 0. The summed E-state index contributed by atoms with van der Waals surface area (Å²) in [6.45, 7) is 19.1. The van der Waals surface area contributed by atoms with Crippen LogP contribution in [-0.2, 0) is 5.41 Å². The molecule has 1 rings (SSSR count). The average molecular weight is 291 g/mol. The van der Waals surface area contributed by atoms with E-state index in [0.29, 0.717) is 0 Å². The Morgan fingerprint density at radius 2 is 1.29 bits per heavy atom. The zero-order valence-corrected chi connectivity index (χ0v) is 15.6. The third kappa shape index (κ3) is 6.50. The van der Waals surface area contributed by atoms with Gasteiger partial charge >= 0.3 is 0 Å². The zero-order valence-electron chi connectivity index (χ0n) is 15.6. The highest BCUT2D eigenvalue weighted by Crippen LogP contribution is 2.41. The molecule has 0 saturated heterocycles. The smallest absolute Gasteiger partial charge is 0.0158 e. The van der Waals surface area contributed by atoms with Crippen molar-refractivity contribution in [1.82, 2.24) is 0 Å². The van der Waals surface area contributed by atoms with Gasteiger partial charge in [0.05, 0.1) is 0 Å². The van der Waals surface area contributed by atoms with Crippen molar-refractivity contribution in [3.8, 4) is 0 Å².